The van der Waals surface area contributed by atoms with E-state index in [0.29, 0.717) is 19.1 Å². The van der Waals surface area contributed by atoms with Crippen LogP contribution in [-0.2, 0) is 9.53 Å². The summed E-state index contributed by atoms with van der Waals surface area (Å²) in [6, 6.07) is 0. The molecule has 0 aromatic carbocycles. The van der Waals surface area contributed by atoms with Gasteiger partial charge in [0.1, 0.15) is 0 Å². The van der Waals surface area contributed by atoms with Gasteiger partial charge in [-0.05, 0) is 39.5 Å². The number of amides is 1. The maximum atomic E-state index is 11.7. The van der Waals surface area contributed by atoms with E-state index >= 15 is 0 Å². The van der Waals surface area contributed by atoms with Gasteiger partial charge >= 0.3 is 0 Å². The standard InChI is InChI=1S/C14H28N4O2.HI/c1-14(2,3)18-12(19)9-17-13(15-4)16-7-8-20-10-11-5-6-11;/h11H,5-10H2,1-4H3,(H,18,19)(H2,15,16,17);1H. The average molecular weight is 412 g/mol. The summed E-state index contributed by atoms with van der Waals surface area (Å²) >= 11 is 0. The molecule has 21 heavy (non-hydrogen) atoms. The molecule has 1 rings (SSSR count). The lowest BCUT2D eigenvalue weighted by Crippen LogP contribution is -2.48. The van der Waals surface area contributed by atoms with Crippen LogP contribution < -0.4 is 16.0 Å². The number of aliphatic imine (C=N–C) groups is 1. The Hall–Kier alpha value is -0.570. The van der Waals surface area contributed by atoms with Crippen LogP contribution in [0.5, 0.6) is 0 Å². The van der Waals surface area contributed by atoms with Crippen LogP contribution in [0.3, 0.4) is 0 Å². The molecule has 0 unspecified atom stereocenters. The first-order valence-electron chi connectivity index (χ1n) is 7.24. The Kier molecular flexibility index (Phi) is 9.93. The number of carbonyl (C=O) groups excluding carboxylic acids is 1. The number of halogens is 1. The summed E-state index contributed by atoms with van der Waals surface area (Å²) in [4.78, 5) is 15.7. The smallest absolute Gasteiger partial charge is 0.239 e. The molecule has 0 saturated heterocycles. The lowest BCUT2D eigenvalue weighted by atomic mass is 10.1. The molecule has 1 aliphatic rings. The highest BCUT2D eigenvalue weighted by Gasteiger charge is 2.20. The third-order valence-electron chi connectivity index (χ3n) is 2.74. The SMILES string of the molecule is CN=C(NCCOCC1CC1)NCC(=O)NC(C)(C)C.I. The van der Waals surface area contributed by atoms with Gasteiger partial charge in [0.25, 0.3) is 0 Å². The van der Waals surface area contributed by atoms with Gasteiger partial charge in [-0.3, -0.25) is 9.79 Å². The first-order valence-corrected chi connectivity index (χ1v) is 7.24. The molecule has 0 aromatic rings. The zero-order valence-corrected chi connectivity index (χ0v) is 15.8. The van der Waals surface area contributed by atoms with Crippen LogP contribution in [0.2, 0.25) is 0 Å². The summed E-state index contributed by atoms with van der Waals surface area (Å²) in [5, 5.41) is 8.98. The number of rotatable bonds is 7. The molecular formula is C14H29IN4O2. The molecular weight excluding hydrogens is 383 g/mol. The molecule has 0 bridgehead atoms. The van der Waals surface area contributed by atoms with Crippen molar-refractivity contribution in [2.75, 3.05) is 33.4 Å². The van der Waals surface area contributed by atoms with Gasteiger partial charge in [-0.1, -0.05) is 0 Å². The topological polar surface area (TPSA) is 74.8 Å². The Labute approximate surface area is 144 Å². The fourth-order valence-corrected chi connectivity index (χ4v) is 1.62. The summed E-state index contributed by atoms with van der Waals surface area (Å²) in [6.07, 6.45) is 2.61. The Morgan fingerprint density at radius 3 is 2.48 bits per heavy atom. The number of nitrogens with zero attached hydrogens (tertiary/aromatic N) is 1. The quantitative estimate of drug-likeness (QED) is 0.254. The maximum absolute atomic E-state index is 11.7. The van der Waals surface area contributed by atoms with Crippen molar-refractivity contribution in [3.8, 4) is 0 Å². The predicted octanol–water partition coefficient (Wildman–Crippen LogP) is 1.11. The van der Waals surface area contributed by atoms with Crippen LogP contribution in [-0.4, -0.2) is 50.8 Å². The van der Waals surface area contributed by atoms with Crippen molar-refractivity contribution in [2.45, 2.75) is 39.2 Å². The van der Waals surface area contributed by atoms with Gasteiger partial charge in [0.2, 0.25) is 5.91 Å². The van der Waals surface area contributed by atoms with E-state index in [1.165, 1.54) is 12.8 Å². The van der Waals surface area contributed by atoms with Crippen molar-refractivity contribution in [1.82, 2.24) is 16.0 Å². The van der Waals surface area contributed by atoms with Crippen molar-refractivity contribution >= 4 is 35.8 Å². The molecule has 0 atom stereocenters. The molecule has 0 aromatic heterocycles. The minimum absolute atomic E-state index is 0. The van der Waals surface area contributed by atoms with Crippen molar-refractivity contribution < 1.29 is 9.53 Å². The van der Waals surface area contributed by atoms with Crippen LogP contribution >= 0.6 is 24.0 Å². The van der Waals surface area contributed by atoms with E-state index in [0.717, 1.165) is 12.5 Å². The van der Waals surface area contributed by atoms with E-state index in [1.807, 2.05) is 20.8 Å². The number of carbonyl (C=O) groups is 1. The molecule has 1 fully saturated rings. The molecule has 3 N–H and O–H groups in total. The highest BCUT2D eigenvalue weighted by molar-refractivity contribution is 14.0. The molecule has 7 heteroatoms. The van der Waals surface area contributed by atoms with Gasteiger partial charge in [0.05, 0.1) is 13.2 Å². The minimum atomic E-state index is -0.216. The number of nitrogens with one attached hydrogen (secondary N) is 3. The zero-order chi connectivity index (χ0) is 15.0. The highest BCUT2D eigenvalue weighted by atomic mass is 127. The van der Waals surface area contributed by atoms with Gasteiger partial charge in [0, 0.05) is 25.7 Å². The van der Waals surface area contributed by atoms with Gasteiger partial charge in [0.15, 0.2) is 5.96 Å². The van der Waals surface area contributed by atoms with Gasteiger partial charge in [-0.2, -0.15) is 0 Å². The minimum Gasteiger partial charge on any atom is -0.379 e. The number of ether oxygens (including phenoxy) is 1. The van der Waals surface area contributed by atoms with E-state index in [4.69, 9.17) is 4.74 Å². The van der Waals surface area contributed by atoms with Crippen LogP contribution in [0.15, 0.2) is 4.99 Å². The lowest BCUT2D eigenvalue weighted by Gasteiger charge is -2.21. The second-order valence-electron chi connectivity index (χ2n) is 6.17. The zero-order valence-electron chi connectivity index (χ0n) is 13.5. The third-order valence-corrected chi connectivity index (χ3v) is 2.74. The van der Waals surface area contributed by atoms with E-state index < -0.39 is 0 Å². The van der Waals surface area contributed by atoms with Crippen molar-refractivity contribution in [3.05, 3.63) is 0 Å². The molecule has 1 amide bonds. The Morgan fingerprint density at radius 2 is 1.95 bits per heavy atom. The fourth-order valence-electron chi connectivity index (χ4n) is 1.62. The molecule has 6 nitrogen and oxygen atoms in total. The van der Waals surface area contributed by atoms with Crippen molar-refractivity contribution in [2.24, 2.45) is 10.9 Å². The number of guanidine groups is 1. The number of hydrogen-bond acceptors (Lipinski definition) is 3. The Bertz CT molecular complexity index is 338. The molecule has 0 heterocycles. The van der Waals surface area contributed by atoms with Gasteiger partial charge in [-0.25, -0.2) is 0 Å². The largest absolute Gasteiger partial charge is 0.379 e. The predicted molar refractivity (Wildman–Crippen MR) is 96.2 cm³/mol. The molecule has 1 aliphatic carbocycles. The first kappa shape index (κ1) is 20.4. The second-order valence-corrected chi connectivity index (χ2v) is 6.17. The molecule has 0 spiro atoms. The highest BCUT2D eigenvalue weighted by Crippen LogP contribution is 2.28. The van der Waals surface area contributed by atoms with E-state index in [1.54, 1.807) is 7.05 Å². The monoisotopic (exact) mass is 412 g/mol. The van der Waals surface area contributed by atoms with Crippen LogP contribution in [0.25, 0.3) is 0 Å². The Balaban J connectivity index is 0.00000400. The molecule has 1 saturated carbocycles. The first-order chi connectivity index (χ1) is 9.40. The van der Waals surface area contributed by atoms with Crippen molar-refractivity contribution in [1.29, 1.82) is 0 Å². The van der Waals surface area contributed by atoms with Crippen LogP contribution in [0.1, 0.15) is 33.6 Å². The summed E-state index contributed by atoms with van der Waals surface area (Å²) in [5.74, 6) is 1.35. The third kappa shape index (κ3) is 11.7. The fraction of sp³-hybridized carbons (Fsp3) is 0.857. The summed E-state index contributed by atoms with van der Waals surface area (Å²) in [7, 11) is 1.68. The van der Waals surface area contributed by atoms with E-state index in [9.17, 15) is 4.79 Å². The van der Waals surface area contributed by atoms with Crippen molar-refractivity contribution in [3.63, 3.8) is 0 Å². The summed E-state index contributed by atoms with van der Waals surface area (Å²) < 4.78 is 5.52. The normalized spacial score (nSPS) is 15.1. The van der Waals surface area contributed by atoms with E-state index in [-0.39, 0.29) is 42.0 Å². The summed E-state index contributed by atoms with van der Waals surface area (Å²) in [6.45, 7) is 8.28. The maximum Gasteiger partial charge on any atom is 0.239 e. The van der Waals surface area contributed by atoms with Crippen LogP contribution in [0.4, 0.5) is 0 Å². The van der Waals surface area contributed by atoms with Crippen LogP contribution in [0, 0.1) is 5.92 Å². The molecule has 124 valence electrons. The lowest BCUT2D eigenvalue weighted by molar-refractivity contribution is -0.121. The second kappa shape index (κ2) is 10.2. The molecule has 0 radical (unpaired) electrons. The number of hydrogen-bond donors (Lipinski definition) is 3. The molecule has 0 aliphatic heterocycles. The van der Waals surface area contributed by atoms with E-state index in [2.05, 4.69) is 20.9 Å². The average Bonchev–Trinajstić information content (AvgIpc) is 3.14. The van der Waals surface area contributed by atoms with Gasteiger partial charge in [-0.15, -0.1) is 24.0 Å². The van der Waals surface area contributed by atoms with Gasteiger partial charge < -0.3 is 20.7 Å². The Morgan fingerprint density at radius 1 is 1.29 bits per heavy atom. The summed E-state index contributed by atoms with van der Waals surface area (Å²) in [5.41, 5.74) is -0.216.